The van der Waals surface area contributed by atoms with Crippen molar-refractivity contribution >= 4 is 15.9 Å². The number of aryl methyl sites for hydroxylation is 2. The first-order valence-corrected chi connectivity index (χ1v) is 8.61. The summed E-state index contributed by atoms with van der Waals surface area (Å²) in [4.78, 5) is 15.7. The Bertz CT molecular complexity index is 947. The molecule has 1 N–H and O–H groups in total. The second-order valence-electron chi connectivity index (χ2n) is 5.83. The van der Waals surface area contributed by atoms with Crippen LogP contribution in [0.4, 0.5) is 4.39 Å². The number of rotatable bonds is 4. The van der Waals surface area contributed by atoms with Crippen molar-refractivity contribution in [1.29, 1.82) is 0 Å². The van der Waals surface area contributed by atoms with Gasteiger partial charge in [-0.25, -0.2) is 4.39 Å². The van der Waals surface area contributed by atoms with Gasteiger partial charge in [0.25, 0.3) is 0 Å². The highest BCUT2D eigenvalue weighted by Gasteiger charge is 2.12. The average Bonchev–Trinajstić information content (AvgIpc) is 2.60. The molecule has 0 unspecified atom stereocenters. The van der Waals surface area contributed by atoms with Crippen molar-refractivity contribution in [3.63, 3.8) is 0 Å². The standard InChI is InChI=1S/C20H17BrFNO2/c1-12-18(20(24)19(21)13(2)23-12)15-5-9-17(10-6-15)25-11-14-3-7-16(22)8-4-14/h3-10H,11H2,1-2H3,(H,23,24). The number of ether oxygens (including phenoxy) is 1. The first-order valence-electron chi connectivity index (χ1n) is 7.82. The zero-order valence-electron chi connectivity index (χ0n) is 13.9. The Kier molecular flexibility index (Phi) is 5.04. The Labute approximate surface area is 153 Å². The molecule has 0 amide bonds. The van der Waals surface area contributed by atoms with E-state index in [0.29, 0.717) is 22.4 Å². The quantitative estimate of drug-likeness (QED) is 0.657. The maximum atomic E-state index is 12.9. The van der Waals surface area contributed by atoms with E-state index in [1.165, 1.54) is 12.1 Å². The summed E-state index contributed by atoms with van der Waals surface area (Å²) >= 11 is 3.34. The smallest absolute Gasteiger partial charge is 0.204 e. The van der Waals surface area contributed by atoms with Gasteiger partial charge in [-0.05, 0) is 65.2 Å². The number of hydrogen-bond donors (Lipinski definition) is 1. The van der Waals surface area contributed by atoms with Crippen LogP contribution >= 0.6 is 15.9 Å². The molecule has 25 heavy (non-hydrogen) atoms. The largest absolute Gasteiger partial charge is 0.489 e. The Morgan fingerprint density at radius 2 is 1.64 bits per heavy atom. The second-order valence-corrected chi connectivity index (χ2v) is 6.63. The molecule has 0 atom stereocenters. The molecule has 0 spiro atoms. The van der Waals surface area contributed by atoms with Gasteiger partial charge in [-0.1, -0.05) is 24.3 Å². The van der Waals surface area contributed by atoms with Crippen LogP contribution in [-0.4, -0.2) is 4.98 Å². The summed E-state index contributed by atoms with van der Waals surface area (Å²) in [5.74, 6) is 0.422. The van der Waals surface area contributed by atoms with Crippen LogP contribution in [0.25, 0.3) is 11.1 Å². The van der Waals surface area contributed by atoms with Gasteiger partial charge in [0.2, 0.25) is 5.43 Å². The van der Waals surface area contributed by atoms with Gasteiger partial charge in [-0.15, -0.1) is 0 Å². The Morgan fingerprint density at radius 1 is 1.00 bits per heavy atom. The minimum atomic E-state index is -0.266. The molecular formula is C20H17BrFNO2. The van der Waals surface area contributed by atoms with E-state index in [1.54, 1.807) is 12.1 Å². The zero-order chi connectivity index (χ0) is 18.0. The molecule has 3 aromatic rings. The van der Waals surface area contributed by atoms with E-state index >= 15 is 0 Å². The molecule has 0 saturated heterocycles. The normalized spacial score (nSPS) is 10.7. The van der Waals surface area contributed by atoms with E-state index in [4.69, 9.17) is 4.74 Å². The van der Waals surface area contributed by atoms with E-state index in [1.807, 2.05) is 38.1 Å². The van der Waals surface area contributed by atoms with Gasteiger partial charge in [0, 0.05) is 17.0 Å². The van der Waals surface area contributed by atoms with E-state index < -0.39 is 0 Å². The first-order chi connectivity index (χ1) is 12.0. The molecule has 0 aliphatic carbocycles. The fourth-order valence-corrected chi connectivity index (χ4v) is 2.96. The summed E-state index contributed by atoms with van der Waals surface area (Å²) in [5.41, 5.74) is 3.96. The highest BCUT2D eigenvalue weighted by Crippen LogP contribution is 2.24. The van der Waals surface area contributed by atoms with E-state index in [0.717, 1.165) is 22.5 Å². The average molecular weight is 402 g/mol. The first kappa shape index (κ1) is 17.4. The summed E-state index contributed by atoms with van der Waals surface area (Å²) in [6.07, 6.45) is 0. The molecule has 0 aliphatic rings. The molecule has 0 aliphatic heterocycles. The van der Waals surface area contributed by atoms with E-state index in [2.05, 4.69) is 20.9 Å². The lowest BCUT2D eigenvalue weighted by Gasteiger charge is -2.10. The maximum absolute atomic E-state index is 12.9. The van der Waals surface area contributed by atoms with Crippen molar-refractivity contribution in [3.8, 4) is 16.9 Å². The van der Waals surface area contributed by atoms with Crippen LogP contribution in [0.15, 0.2) is 57.8 Å². The minimum Gasteiger partial charge on any atom is -0.489 e. The number of H-pyrrole nitrogens is 1. The van der Waals surface area contributed by atoms with Crippen molar-refractivity contribution in [2.45, 2.75) is 20.5 Å². The number of benzene rings is 2. The van der Waals surface area contributed by atoms with Gasteiger partial charge < -0.3 is 9.72 Å². The topological polar surface area (TPSA) is 42.1 Å². The van der Waals surface area contributed by atoms with Crippen molar-refractivity contribution in [1.82, 2.24) is 4.98 Å². The van der Waals surface area contributed by atoms with Crippen molar-refractivity contribution in [3.05, 3.63) is 86.0 Å². The molecule has 2 aromatic carbocycles. The molecule has 0 bridgehead atoms. The lowest BCUT2D eigenvalue weighted by molar-refractivity contribution is 0.306. The molecule has 0 saturated carbocycles. The van der Waals surface area contributed by atoms with Crippen LogP contribution in [0.3, 0.4) is 0 Å². The van der Waals surface area contributed by atoms with Gasteiger partial charge in [-0.2, -0.15) is 0 Å². The Morgan fingerprint density at radius 3 is 2.28 bits per heavy atom. The number of nitrogens with one attached hydrogen (secondary N) is 1. The van der Waals surface area contributed by atoms with Crippen LogP contribution in [-0.2, 0) is 6.61 Å². The third-order valence-corrected chi connectivity index (χ3v) is 4.92. The molecule has 3 nitrogen and oxygen atoms in total. The van der Waals surface area contributed by atoms with Crippen molar-refractivity contribution in [2.24, 2.45) is 0 Å². The lowest BCUT2D eigenvalue weighted by atomic mass is 10.0. The Hall–Kier alpha value is -2.40. The summed E-state index contributed by atoms with van der Waals surface area (Å²) in [7, 11) is 0. The molecule has 128 valence electrons. The van der Waals surface area contributed by atoms with Crippen LogP contribution < -0.4 is 10.2 Å². The predicted molar refractivity (Wildman–Crippen MR) is 100 cm³/mol. The summed E-state index contributed by atoms with van der Waals surface area (Å²) in [6, 6.07) is 13.6. The number of hydrogen-bond acceptors (Lipinski definition) is 2. The van der Waals surface area contributed by atoms with Gasteiger partial charge in [0.05, 0.1) is 4.47 Å². The monoisotopic (exact) mass is 401 g/mol. The molecule has 3 rings (SSSR count). The molecular weight excluding hydrogens is 385 g/mol. The van der Waals surface area contributed by atoms with Crippen LogP contribution in [0.1, 0.15) is 17.0 Å². The third-order valence-electron chi connectivity index (χ3n) is 3.97. The fourth-order valence-electron chi connectivity index (χ4n) is 2.66. The van der Waals surface area contributed by atoms with Gasteiger partial charge in [0.1, 0.15) is 18.2 Å². The molecule has 1 aromatic heterocycles. The Balaban J connectivity index is 1.80. The molecule has 1 heterocycles. The van der Waals surface area contributed by atoms with Crippen LogP contribution in [0, 0.1) is 19.7 Å². The second kappa shape index (κ2) is 7.23. The van der Waals surface area contributed by atoms with Gasteiger partial charge in [0.15, 0.2) is 0 Å². The fraction of sp³-hybridized carbons (Fsp3) is 0.150. The maximum Gasteiger partial charge on any atom is 0.204 e. The van der Waals surface area contributed by atoms with Gasteiger partial charge >= 0.3 is 0 Å². The zero-order valence-corrected chi connectivity index (χ0v) is 15.5. The van der Waals surface area contributed by atoms with Crippen LogP contribution in [0.2, 0.25) is 0 Å². The number of aromatic amines is 1. The summed E-state index contributed by atoms with van der Waals surface area (Å²) < 4.78 is 19.2. The molecule has 0 fully saturated rings. The van der Waals surface area contributed by atoms with Crippen molar-refractivity contribution < 1.29 is 9.13 Å². The van der Waals surface area contributed by atoms with E-state index in [9.17, 15) is 9.18 Å². The van der Waals surface area contributed by atoms with Gasteiger partial charge in [-0.3, -0.25) is 4.79 Å². The summed E-state index contributed by atoms with van der Waals surface area (Å²) in [6.45, 7) is 4.10. The molecule has 0 radical (unpaired) electrons. The minimum absolute atomic E-state index is 0.0336. The molecule has 5 heteroatoms. The van der Waals surface area contributed by atoms with Crippen molar-refractivity contribution in [2.75, 3.05) is 0 Å². The number of pyridine rings is 1. The number of aromatic nitrogens is 1. The van der Waals surface area contributed by atoms with E-state index in [-0.39, 0.29) is 11.2 Å². The highest BCUT2D eigenvalue weighted by atomic mass is 79.9. The summed E-state index contributed by atoms with van der Waals surface area (Å²) in [5, 5.41) is 0. The highest BCUT2D eigenvalue weighted by molar-refractivity contribution is 9.10. The SMILES string of the molecule is Cc1[nH]c(C)c(-c2ccc(OCc3ccc(F)cc3)cc2)c(=O)c1Br. The lowest BCUT2D eigenvalue weighted by Crippen LogP contribution is -2.11. The third kappa shape index (κ3) is 3.82. The predicted octanol–water partition coefficient (Wildman–Crippen LogP) is 5.14. The van der Waals surface area contributed by atoms with Crippen LogP contribution in [0.5, 0.6) is 5.75 Å². The number of halogens is 2.